The number of anilines is 1. The Balaban J connectivity index is 2.15. The van der Waals surface area contributed by atoms with E-state index in [4.69, 9.17) is 0 Å². The summed E-state index contributed by atoms with van der Waals surface area (Å²) in [5.41, 5.74) is 2.40. The summed E-state index contributed by atoms with van der Waals surface area (Å²) >= 11 is 0. The molecular formula is C15H21N3O2S. The van der Waals surface area contributed by atoms with E-state index < -0.39 is 10.0 Å². The Morgan fingerprint density at radius 2 is 1.90 bits per heavy atom. The summed E-state index contributed by atoms with van der Waals surface area (Å²) in [6.07, 6.45) is 4.67. The Labute approximate surface area is 126 Å². The first-order valence-electron chi connectivity index (χ1n) is 7.04. The monoisotopic (exact) mass is 307 g/mol. The van der Waals surface area contributed by atoms with Gasteiger partial charge in [0.1, 0.15) is 4.90 Å². The summed E-state index contributed by atoms with van der Waals surface area (Å²) in [6, 6.07) is 7.52. The fourth-order valence-corrected chi connectivity index (χ4v) is 3.34. The summed E-state index contributed by atoms with van der Waals surface area (Å²) in [7, 11) is -1.87. The van der Waals surface area contributed by atoms with Crippen molar-refractivity contribution in [3.05, 3.63) is 41.7 Å². The molecule has 0 radical (unpaired) electrons. The molecule has 6 heteroatoms. The molecule has 0 atom stereocenters. The van der Waals surface area contributed by atoms with Gasteiger partial charge in [0.25, 0.3) is 10.0 Å². The number of sulfonamides is 1. The van der Waals surface area contributed by atoms with Gasteiger partial charge in [0, 0.05) is 12.7 Å². The van der Waals surface area contributed by atoms with Gasteiger partial charge in [0.2, 0.25) is 0 Å². The van der Waals surface area contributed by atoms with E-state index in [0.717, 1.165) is 19.3 Å². The van der Waals surface area contributed by atoms with E-state index in [1.54, 1.807) is 30.8 Å². The smallest absolute Gasteiger partial charge is 0.265 e. The van der Waals surface area contributed by atoms with Gasteiger partial charge in [0.15, 0.2) is 0 Å². The number of aromatic nitrogens is 2. The van der Waals surface area contributed by atoms with Crippen LogP contribution in [-0.4, -0.2) is 18.2 Å². The maximum atomic E-state index is 12.3. The zero-order valence-electron chi connectivity index (χ0n) is 12.6. The molecule has 0 saturated heterocycles. The van der Waals surface area contributed by atoms with Crippen LogP contribution in [0.4, 0.5) is 5.69 Å². The predicted molar refractivity (Wildman–Crippen MR) is 83.8 cm³/mol. The number of unbranched alkanes of at least 4 members (excludes halogenated alkanes) is 1. The van der Waals surface area contributed by atoms with Crippen molar-refractivity contribution in [2.45, 2.75) is 38.0 Å². The largest absolute Gasteiger partial charge is 0.280 e. The summed E-state index contributed by atoms with van der Waals surface area (Å²) in [4.78, 5) is 0.208. The molecule has 1 aromatic carbocycles. The van der Waals surface area contributed by atoms with Crippen molar-refractivity contribution >= 4 is 15.7 Å². The molecule has 0 bridgehead atoms. The van der Waals surface area contributed by atoms with Crippen molar-refractivity contribution in [1.29, 1.82) is 0 Å². The summed E-state index contributed by atoms with van der Waals surface area (Å²) < 4.78 is 28.8. The Hall–Kier alpha value is -1.82. The third-order valence-electron chi connectivity index (χ3n) is 3.50. The van der Waals surface area contributed by atoms with Gasteiger partial charge in [-0.3, -0.25) is 9.40 Å². The summed E-state index contributed by atoms with van der Waals surface area (Å²) in [5.74, 6) is 0. The molecule has 0 aliphatic rings. The van der Waals surface area contributed by atoms with Crippen molar-refractivity contribution in [2.24, 2.45) is 7.05 Å². The maximum absolute atomic E-state index is 12.3. The number of benzene rings is 1. The van der Waals surface area contributed by atoms with Gasteiger partial charge >= 0.3 is 0 Å². The molecular weight excluding hydrogens is 286 g/mol. The maximum Gasteiger partial charge on any atom is 0.265 e. The fraction of sp³-hybridized carbons (Fsp3) is 0.400. The van der Waals surface area contributed by atoms with Crippen LogP contribution in [0.15, 0.2) is 35.4 Å². The molecule has 0 amide bonds. The molecule has 1 N–H and O–H groups in total. The van der Waals surface area contributed by atoms with Crippen LogP contribution in [0, 0.1) is 6.92 Å². The highest BCUT2D eigenvalue weighted by molar-refractivity contribution is 7.92. The van der Waals surface area contributed by atoms with Gasteiger partial charge < -0.3 is 0 Å². The summed E-state index contributed by atoms with van der Waals surface area (Å²) in [5, 5.41) is 3.97. The van der Waals surface area contributed by atoms with E-state index in [0.29, 0.717) is 11.4 Å². The minimum Gasteiger partial charge on any atom is -0.280 e. The average molecular weight is 307 g/mol. The zero-order chi connectivity index (χ0) is 15.5. The second-order valence-corrected chi connectivity index (χ2v) is 6.77. The number of hydrogen-bond acceptors (Lipinski definition) is 3. The molecule has 5 nitrogen and oxygen atoms in total. The van der Waals surface area contributed by atoms with Crippen LogP contribution in [0.3, 0.4) is 0 Å². The molecule has 1 heterocycles. The highest BCUT2D eigenvalue weighted by Gasteiger charge is 2.19. The lowest BCUT2D eigenvalue weighted by Gasteiger charge is -2.08. The molecule has 2 rings (SSSR count). The first-order chi connectivity index (χ1) is 9.94. The van der Waals surface area contributed by atoms with Crippen LogP contribution in [0.25, 0.3) is 0 Å². The second kappa shape index (κ2) is 6.30. The van der Waals surface area contributed by atoms with Crippen molar-refractivity contribution in [3.8, 4) is 0 Å². The van der Waals surface area contributed by atoms with Crippen LogP contribution < -0.4 is 4.72 Å². The number of rotatable bonds is 6. The fourth-order valence-electron chi connectivity index (χ4n) is 2.07. The van der Waals surface area contributed by atoms with Crippen LogP contribution in [-0.2, 0) is 23.5 Å². The molecule has 0 aliphatic heterocycles. The third-order valence-corrected chi connectivity index (χ3v) is 4.99. The van der Waals surface area contributed by atoms with Gasteiger partial charge in [-0.15, -0.1) is 0 Å². The molecule has 0 spiro atoms. The van der Waals surface area contributed by atoms with Gasteiger partial charge in [-0.05, 0) is 37.5 Å². The van der Waals surface area contributed by atoms with Crippen LogP contribution in [0.2, 0.25) is 0 Å². The number of hydrogen-bond donors (Lipinski definition) is 1. The molecule has 114 valence electrons. The minimum atomic E-state index is -3.59. The molecule has 0 fully saturated rings. The Bertz CT molecular complexity index is 703. The quantitative estimate of drug-likeness (QED) is 0.892. The first-order valence-corrected chi connectivity index (χ1v) is 8.52. The molecule has 0 unspecified atom stereocenters. The second-order valence-electron chi connectivity index (χ2n) is 5.12. The van der Waals surface area contributed by atoms with E-state index in [1.165, 1.54) is 11.8 Å². The Morgan fingerprint density at radius 3 is 2.43 bits per heavy atom. The van der Waals surface area contributed by atoms with Crippen LogP contribution in [0.5, 0.6) is 0 Å². The van der Waals surface area contributed by atoms with Crippen LogP contribution >= 0.6 is 0 Å². The van der Waals surface area contributed by atoms with Crippen molar-refractivity contribution < 1.29 is 8.42 Å². The van der Waals surface area contributed by atoms with E-state index in [2.05, 4.69) is 16.7 Å². The topological polar surface area (TPSA) is 64.0 Å². The van der Waals surface area contributed by atoms with E-state index >= 15 is 0 Å². The lowest BCUT2D eigenvalue weighted by Crippen LogP contribution is -2.13. The zero-order valence-corrected chi connectivity index (χ0v) is 13.4. The highest BCUT2D eigenvalue weighted by Crippen LogP contribution is 2.19. The molecule has 2 aromatic rings. The molecule has 1 aromatic heterocycles. The lowest BCUT2D eigenvalue weighted by atomic mass is 10.1. The highest BCUT2D eigenvalue weighted by atomic mass is 32.2. The molecule has 21 heavy (non-hydrogen) atoms. The summed E-state index contributed by atoms with van der Waals surface area (Å²) in [6.45, 7) is 3.88. The van der Waals surface area contributed by atoms with Crippen molar-refractivity contribution in [3.63, 3.8) is 0 Å². The molecule has 0 saturated carbocycles. The normalized spacial score (nSPS) is 11.6. The molecule has 0 aliphatic carbocycles. The van der Waals surface area contributed by atoms with Crippen LogP contribution in [0.1, 0.15) is 31.0 Å². The SMILES string of the molecule is CCCCc1ccc(NS(=O)(=O)c2cnn(C)c2C)cc1. The number of nitrogens with zero attached hydrogens (tertiary/aromatic N) is 2. The number of nitrogens with one attached hydrogen (secondary N) is 1. The third kappa shape index (κ3) is 3.64. The standard InChI is InChI=1S/C15H21N3O2S/c1-4-5-6-13-7-9-14(10-8-13)17-21(19,20)15-11-16-18(3)12(15)2/h7-11,17H,4-6H2,1-3H3. The Morgan fingerprint density at radius 1 is 1.24 bits per heavy atom. The van der Waals surface area contributed by atoms with Crippen molar-refractivity contribution in [2.75, 3.05) is 4.72 Å². The Kier molecular flexibility index (Phi) is 4.67. The van der Waals surface area contributed by atoms with E-state index in [9.17, 15) is 8.42 Å². The van der Waals surface area contributed by atoms with Gasteiger partial charge in [-0.25, -0.2) is 8.42 Å². The number of aryl methyl sites for hydroxylation is 2. The van der Waals surface area contributed by atoms with Gasteiger partial charge in [-0.2, -0.15) is 5.10 Å². The van der Waals surface area contributed by atoms with Gasteiger partial charge in [0.05, 0.1) is 11.9 Å². The predicted octanol–water partition coefficient (Wildman–Crippen LogP) is 2.87. The first kappa shape index (κ1) is 15.6. The van der Waals surface area contributed by atoms with E-state index in [-0.39, 0.29) is 4.90 Å². The lowest BCUT2D eigenvalue weighted by molar-refractivity contribution is 0.600. The van der Waals surface area contributed by atoms with Gasteiger partial charge in [-0.1, -0.05) is 25.5 Å². The minimum absolute atomic E-state index is 0.208. The van der Waals surface area contributed by atoms with Crippen molar-refractivity contribution in [1.82, 2.24) is 9.78 Å². The van der Waals surface area contributed by atoms with E-state index in [1.807, 2.05) is 12.1 Å². The average Bonchev–Trinajstić information content (AvgIpc) is 2.78.